The molecule has 0 radical (unpaired) electrons. The summed E-state index contributed by atoms with van der Waals surface area (Å²) in [5, 5.41) is 9.07. The van der Waals surface area contributed by atoms with E-state index in [2.05, 4.69) is 209 Å². The number of benzene rings is 10. The molecule has 0 aliphatic carbocycles. The number of para-hydroxylation sites is 1. The molecule has 0 bridgehead atoms. The number of nitrogens with zero attached hydrogens (tertiary/aromatic N) is 7. The maximum absolute atomic E-state index is 5.57. The lowest BCUT2D eigenvalue weighted by atomic mass is 9.97. The van der Waals surface area contributed by atoms with Gasteiger partial charge in [-0.25, -0.2) is 15.0 Å². The zero-order valence-electron chi connectivity index (χ0n) is 39.1. The summed E-state index contributed by atoms with van der Waals surface area (Å²) >= 11 is 1.80. The summed E-state index contributed by atoms with van der Waals surface area (Å²) in [6, 6.07) is 83.3. The van der Waals surface area contributed by atoms with Crippen LogP contribution in [0.1, 0.15) is 0 Å². The van der Waals surface area contributed by atoms with E-state index < -0.39 is 0 Å². The van der Waals surface area contributed by atoms with Crippen LogP contribution in [0.3, 0.4) is 0 Å². The molecule has 0 fully saturated rings. The van der Waals surface area contributed by atoms with Gasteiger partial charge in [-0.05, 0) is 75.3 Å². The van der Waals surface area contributed by atoms with Gasteiger partial charge in [0.15, 0.2) is 11.6 Å². The number of aromatic nitrogens is 7. The predicted molar refractivity (Wildman–Crippen MR) is 302 cm³/mol. The highest BCUT2D eigenvalue weighted by molar-refractivity contribution is 7.23. The lowest BCUT2D eigenvalue weighted by Crippen LogP contribution is -2.06. The highest BCUT2D eigenvalue weighted by atomic mass is 32.1. The van der Waals surface area contributed by atoms with Crippen LogP contribution in [0, 0.1) is 0 Å². The molecule has 0 amide bonds. The van der Waals surface area contributed by atoms with Crippen LogP contribution in [-0.2, 0) is 0 Å². The fourth-order valence-corrected chi connectivity index (χ4v) is 12.1. The molecular formula is C65H39N7S. The molecule has 0 spiro atoms. The summed E-state index contributed by atoms with van der Waals surface area (Å²) < 4.78 is 5.64. The lowest BCUT2D eigenvalue weighted by molar-refractivity contribution is 0.953. The fourth-order valence-electron chi connectivity index (χ4n) is 10.9. The standard InChI is InChI=1S/C65H39N7S/c1-5-19-41(20-6-1)56-39-46-32-35-51-59(61(46)73-56)60(42-21-7-2-8-22-42)67-64(66-51)71-52-30-16-15-28-49(52)57-48(29-17-31-54(57)71)45-34-36-53-50(38-45)58-47-27-14-13-18-40(47)33-37-55(58)72(53)65-69-62(43-23-9-3-10-24-43)68-63(70-65)44-25-11-4-12-26-44/h1-39H. The molecule has 8 heteroatoms. The Morgan fingerprint density at radius 3 is 1.60 bits per heavy atom. The smallest absolute Gasteiger partial charge is 0.238 e. The van der Waals surface area contributed by atoms with Gasteiger partial charge in [-0.3, -0.25) is 9.13 Å². The van der Waals surface area contributed by atoms with Gasteiger partial charge in [0.2, 0.25) is 11.9 Å². The second kappa shape index (κ2) is 16.5. The Labute approximate surface area is 422 Å². The van der Waals surface area contributed by atoms with Crippen molar-refractivity contribution in [1.29, 1.82) is 0 Å². The van der Waals surface area contributed by atoms with E-state index in [0.29, 0.717) is 23.5 Å². The molecule has 7 nitrogen and oxygen atoms in total. The van der Waals surface area contributed by atoms with Crippen LogP contribution in [-0.4, -0.2) is 34.1 Å². The van der Waals surface area contributed by atoms with Crippen LogP contribution in [0.25, 0.3) is 143 Å². The van der Waals surface area contributed by atoms with Crippen molar-refractivity contribution >= 4 is 86.7 Å². The highest BCUT2D eigenvalue weighted by Crippen LogP contribution is 2.45. The van der Waals surface area contributed by atoms with E-state index in [1.807, 2.05) is 36.4 Å². The quantitative estimate of drug-likeness (QED) is 0.159. The average Bonchev–Trinajstić information content (AvgIpc) is 4.17. The second-order valence-electron chi connectivity index (χ2n) is 18.4. The van der Waals surface area contributed by atoms with Gasteiger partial charge < -0.3 is 0 Å². The van der Waals surface area contributed by atoms with Crippen LogP contribution in [0.4, 0.5) is 0 Å². The largest absolute Gasteiger partial charge is 0.278 e. The second-order valence-corrected chi connectivity index (χ2v) is 19.5. The Morgan fingerprint density at radius 2 is 0.877 bits per heavy atom. The summed E-state index contributed by atoms with van der Waals surface area (Å²) in [6.07, 6.45) is 0. The average molecular weight is 950 g/mol. The van der Waals surface area contributed by atoms with Crippen molar-refractivity contribution in [3.8, 4) is 67.5 Å². The summed E-state index contributed by atoms with van der Waals surface area (Å²) in [5.41, 5.74) is 12.2. The molecular weight excluding hydrogens is 911 g/mol. The molecule has 0 unspecified atom stereocenters. The Bertz CT molecular complexity index is 4600. The predicted octanol–water partition coefficient (Wildman–Crippen LogP) is 16.7. The van der Waals surface area contributed by atoms with Gasteiger partial charge in [0.25, 0.3) is 0 Å². The number of hydrogen-bond donors (Lipinski definition) is 0. The zero-order chi connectivity index (χ0) is 48.0. The first-order valence-corrected chi connectivity index (χ1v) is 25.2. The van der Waals surface area contributed by atoms with E-state index >= 15 is 0 Å². The molecule has 0 atom stereocenters. The van der Waals surface area contributed by atoms with Gasteiger partial charge in [-0.2, -0.15) is 9.97 Å². The highest BCUT2D eigenvalue weighted by Gasteiger charge is 2.24. The van der Waals surface area contributed by atoms with Gasteiger partial charge in [0.1, 0.15) is 0 Å². The fraction of sp³-hybridized carbons (Fsp3) is 0. The first kappa shape index (κ1) is 41.2. The summed E-state index contributed by atoms with van der Waals surface area (Å²) in [6.45, 7) is 0. The monoisotopic (exact) mass is 949 g/mol. The summed E-state index contributed by atoms with van der Waals surface area (Å²) in [4.78, 5) is 27.8. The van der Waals surface area contributed by atoms with Gasteiger partial charge in [-0.15, -0.1) is 11.3 Å². The molecule has 0 N–H and O–H groups in total. The van der Waals surface area contributed by atoms with Gasteiger partial charge in [0.05, 0.1) is 33.3 Å². The molecule has 5 heterocycles. The minimum Gasteiger partial charge on any atom is -0.278 e. The minimum absolute atomic E-state index is 0.558. The lowest BCUT2D eigenvalue weighted by Gasteiger charge is -2.13. The Hall–Kier alpha value is -9.63. The third kappa shape index (κ3) is 6.62. The van der Waals surface area contributed by atoms with E-state index in [1.54, 1.807) is 11.3 Å². The molecule has 15 rings (SSSR count). The number of rotatable bonds is 7. The molecule has 0 saturated heterocycles. The van der Waals surface area contributed by atoms with Crippen LogP contribution >= 0.6 is 11.3 Å². The van der Waals surface area contributed by atoms with Crippen LogP contribution in [0.5, 0.6) is 0 Å². The van der Waals surface area contributed by atoms with E-state index in [1.165, 1.54) is 20.5 Å². The van der Waals surface area contributed by atoms with Crippen LogP contribution in [0.2, 0.25) is 0 Å². The van der Waals surface area contributed by atoms with Crippen molar-refractivity contribution in [1.82, 2.24) is 34.1 Å². The maximum Gasteiger partial charge on any atom is 0.238 e. The Kier molecular flexibility index (Phi) is 9.30. The van der Waals surface area contributed by atoms with Crippen molar-refractivity contribution in [2.45, 2.75) is 0 Å². The van der Waals surface area contributed by atoms with E-state index in [-0.39, 0.29) is 0 Å². The molecule has 10 aromatic carbocycles. The first-order valence-electron chi connectivity index (χ1n) is 24.4. The third-order valence-electron chi connectivity index (χ3n) is 14.2. The number of hydrogen-bond acceptors (Lipinski definition) is 6. The molecule has 0 saturated carbocycles. The Balaban J connectivity index is 0.960. The first-order chi connectivity index (χ1) is 36.2. The molecule has 73 heavy (non-hydrogen) atoms. The van der Waals surface area contributed by atoms with Crippen molar-refractivity contribution in [2.75, 3.05) is 0 Å². The molecule has 340 valence electrons. The molecule has 0 aliphatic rings. The van der Waals surface area contributed by atoms with E-state index in [9.17, 15) is 0 Å². The van der Waals surface area contributed by atoms with Crippen molar-refractivity contribution in [3.63, 3.8) is 0 Å². The number of fused-ring (bicyclic) bond motifs is 11. The van der Waals surface area contributed by atoms with Gasteiger partial charge in [0, 0.05) is 53.2 Å². The van der Waals surface area contributed by atoms with Crippen LogP contribution < -0.4 is 0 Å². The SMILES string of the molecule is c1ccc(-c2nc(-c3ccccc3)nc(-n3c4ccc(-c5cccc6c5c5ccccc5n6-c5nc(-c6ccccc6)c6c(ccc7cc(-c8ccccc8)sc76)n5)cc4c4c5ccccc5ccc43)n2)cc1. The summed E-state index contributed by atoms with van der Waals surface area (Å²) in [7, 11) is 0. The molecule has 0 aliphatic heterocycles. The Morgan fingerprint density at radius 1 is 0.315 bits per heavy atom. The van der Waals surface area contributed by atoms with Gasteiger partial charge in [-0.1, -0.05) is 194 Å². The van der Waals surface area contributed by atoms with E-state index in [4.69, 9.17) is 24.9 Å². The molecule has 15 aromatic rings. The number of thiophene rings is 1. The zero-order valence-corrected chi connectivity index (χ0v) is 39.9. The van der Waals surface area contributed by atoms with Crippen LogP contribution in [0.15, 0.2) is 237 Å². The van der Waals surface area contributed by atoms with Crippen molar-refractivity contribution in [2.24, 2.45) is 0 Å². The topological polar surface area (TPSA) is 74.3 Å². The van der Waals surface area contributed by atoms with Crippen molar-refractivity contribution < 1.29 is 0 Å². The van der Waals surface area contributed by atoms with E-state index in [0.717, 1.165) is 98.8 Å². The molecule has 5 aromatic heterocycles. The maximum atomic E-state index is 5.57. The third-order valence-corrected chi connectivity index (χ3v) is 15.4. The summed E-state index contributed by atoms with van der Waals surface area (Å²) in [5.74, 6) is 2.41. The van der Waals surface area contributed by atoms with Gasteiger partial charge >= 0.3 is 0 Å². The minimum atomic E-state index is 0.558. The van der Waals surface area contributed by atoms with Crippen molar-refractivity contribution in [3.05, 3.63) is 237 Å². The normalized spacial score (nSPS) is 11.8.